The standard InChI is InChI=1S/C20H24.C2H6/c1-15-3-7-17(8-4-15)19-11-13-20(14-12-19)18-9-5-16(2)6-10-18;1-2/h3-10,19-20H,11-14H2,1-2H3;1-2H3. The van der Waals surface area contributed by atoms with Gasteiger partial charge in [-0.05, 0) is 62.5 Å². The predicted octanol–water partition coefficient (Wildman–Crippen LogP) is 6.77. The second-order valence-electron chi connectivity index (χ2n) is 6.37. The molecule has 1 aliphatic rings. The Hall–Kier alpha value is -1.56. The van der Waals surface area contributed by atoms with Gasteiger partial charge in [0.15, 0.2) is 0 Å². The summed E-state index contributed by atoms with van der Waals surface area (Å²) in [5.74, 6) is 1.55. The first-order chi connectivity index (χ1) is 10.7. The molecule has 0 nitrogen and oxygen atoms in total. The fraction of sp³-hybridized carbons (Fsp3) is 0.455. The molecule has 0 aromatic heterocycles. The van der Waals surface area contributed by atoms with Crippen LogP contribution in [0.5, 0.6) is 0 Å². The number of rotatable bonds is 2. The minimum Gasteiger partial charge on any atom is -0.0683 e. The Bertz CT molecular complexity index is 486. The Labute approximate surface area is 136 Å². The molecule has 22 heavy (non-hydrogen) atoms. The highest BCUT2D eigenvalue weighted by Gasteiger charge is 2.23. The monoisotopic (exact) mass is 294 g/mol. The van der Waals surface area contributed by atoms with Crippen molar-refractivity contribution in [1.29, 1.82) is 0 Å². The highest BCUT2D eigenvalue weighted by molar-refractivity contribution is 5.27. The summed E-state index contributed by atoms with van der Waals surface area (Å²) in [5.41, 5.74) is 5.81. The van der Waals surface area contributed by atoms with Crippen LogP contribution in [0.15, 0.2) is 48.5 Å². The molecule has 1 fully saturated rings. The normalized spacial score (nSPS) is 20.9. The lowest BCUT2D eigenvalue weighted by Crippen LogP contribution is -2.12. The molecule has 0 aliphatic heterocycles. The van der Waals surface area contributed by atoms with E-state index in [2.05, 4.69) is 62.4 Å². The third kappa shape index (κ3) is 4.22. The lowest BCUT2D eigenvalue weighted by atomic mass is 9.76. The summed E-state index contributed by atoms with van der Waals surface area (Å²) in [4.78, 5) is 0. The molecular weight excluding hydrogens is 264 g/mol. The summed E-state index contributed by atoms with van der Waals surface area (Å²) in [5, 5.41) is 0. The summed E-state index contributed by atoms with van der Waals surface area (Å²) >= 11 is 0. The fourth-order valence-corrected chi connectivity index (χ4v) is 3.44. The summed E-state index contributed by atoms with van der Waals surface area (Å²) in [6, 6.07) is 18.3. The first-order valence-corrected chi connectivity index (χ1v) is 8.85. The van der Waals surface area contributed by atoms with Crippen LogP contribution in [0.2, 0.25) is 0 Å². The molecule has 118 valence electrons. The van der Waals surface area contributed by atoms with Crippen LogP contribution in [0.1, 0.15) is 73.6 Å². The van der Waals surface area contributed by atoms with Gasteiger partial charge in [0, 0.05) is 0 Å². The van der Waals surface area contributed by atoms with E-state index in [-0.39, 0.29) is 0 Å². The molecule has 3 rings (SSSR count). The van der Waals surface area contributed by atoms with Crippen LogP contribution in [-0.2, 0) is 0 Å². The Morgan fingerprint density at radius 2 is 0.818 bits per heavy atom. The van der Waals surface area contributed by atoms with E-state index in [9.17, 15) is 0 Å². The summed E-state index contributed by atoms with van der Waals surface area (Å²) in [6.45, 7) is 8.33. The van der Waals surface area contributed by atoms with Gasteiger partial charge in [0.2, 0.25) is 0 Å². The SMILES string of the molecule is CC.Cc1ccc(C2CCC(c3ccc(C)cc3)CC2)cc1. The van der Waals surface area contributed by atoms with Gasteiger partial charge in [0.25, 0.3) is 0 Å². The molecule has 0 amide bonds. The zero-order chi connectivity index (χ0) is 15.9. The molecule has 0 heterocycles. The molecule has 0 spiro atoms. The van der Waals surface area contributed by atoms with Crippen LogP contribution >= 0.6 is 0 Å². The molecule has 0 unspecified atom stereocenters. The first kappa shape index (κ1) is 16.8. The highest BCUT2D eigenvalue weighted by Crippen LogP contribution is 2.40. The second-order valence-corrected chi connectivity index (χ2v) is 6.37. The van der Waals surface area contributed by atoms with Gasteiger partial charge in [-0.2, -0.15) is 0 Å². The Morgan fingerprint density at radius 3 is 1.09 bits per heavy atom. The topological polar surface area (TPSA) is 0 Å². The lowest BCUT2D eigenvalue weighted by molar-refractivity contribution is 0.396. The third-order valence-electron chi connectivity index (χ3n) is 4.82. The predicted molar refractivity (Wildman–Crippen MR) is 97.7 cm³/mol. The largest absolute Gasteiger partial charge is 0.0683 e. The van der Waals surface area contributed by atoms with Crippen LogP contribution in [0.25, 0.3) is 0 Å². The van der Waals surface area contributed by atoms with Crippen molar-refractivity contribution in [3.05, 3.63) is 70.8 Å². The lowest BCUT2D eigenvalue weighted by Gasteiger charge is -2.29. The Morgan fingerprint density at radius 1 is 0.545 bits per heavy atom. The van der Waals surface area contributed by atoms with Gasteiger partial charge in [0.05, 0.1) is 0 Å². The van der Waals surface area contributed by atoms with E-state index in [0.717, 1.165) is 11.8 Å². The van der Waals surface area contributed by atoms with E-state index in [4.69, 9.17) is 0 Å². The van der Waals surface area contributed by atoms with E-state index >= 15 is 0 Å². The maximum atomic E-state index is 2.33. The van der Waals surface area contributed by atoms with E-state index in [1.165, 1.54) is 47.9 Å². The van der Waals surface area contributed by atoms with E-state index in [0.29, 0.717) is 0 Å². The number of hydrogen-bond donors (Lipinski definition) is 0. The van der Waals surface area contributed by atoms with Crippen molar-refractivity contribution in [2.45, 2.75) is 65.2 Å². The third-order valence-corrected chi connectivity index (χ3v) is 4.82. The van der Waals surface area contributed by atoms with Crippen molar-refractivity contribution in [3.63, 3.8) is 0 Å². The van der Waals surface area contributed by atoms with Crippen molar-refractivity contribution in [2.24, 2.45) is 0 Å². The van der Waals surface area contributed by atoms with E-state index < -0.39 is 0 Å². The summed E-state index contributed by atoms with van der Waals surface area (Å²) in [7, 11) is 0. The molecule has 1 saturated carbocycles. The van der Waals surface area contributed by atoms with Gasteiger partial charge in [-0.3, -0.25) is 0 Å². The smallest absolute Gasteiger partial charge is 0.0162 e. The van der Waals surface area contributed by atoms with Gasteiger partial charge >= 0.3 is 0 Å². The number of aryl methyl sites for hydroxylation is 2. The maximum Gasteiger partial charge on any atom is -0.0162 e. The van der Waals surface area contributed by atoms with Crippen LogP contribution in [0.3, 0.4) is 0 Å². The molecule has 0 atom stereocenters. The zero-order valence-electron chi connectivity index (χ0n) is 14.6. The molecule has 0 heteroatoms. The molecule has 1 aliphatic carbocycles. The summed E-state index contributed by atoms with van der Waals surface area (Å²) in [6.07, 6.45) is 5.34. The van der Waals surface area contributed by atoms with E-state index in [1.54, 1.807) is 0 Å². The van der Waals surface area contributed by atoms with Crippen molar-refractivity contribution >= 4 is 0 Å². The molecular formula is C22H30. The average Bonchev–Trinajstić information content (AvgIpc) is 2.58. The minimum absolute atomic E-state index is 0.775. The average molecular weight is 294 g/mol. The molecule has 0 radical (unpaired) electrons. The fourth-order valence-electron chi connectivity index (χ4n) is 3.44. The highest BCUT2D eigenvalue weighted by atomic mass is 14.3. The van der Waals surface area contributed by atoms with Gasteiger partial charge in [0.1, 0.15) is 0 Å². The van der Waals surface area contributed by atoms with Crippen molar-refractivity contribution in [1.82, 2.24) is 0 Å². The van der Waals surface area contributed by atoms with Crippen molar-refractivity contribution in [3.8, 4) is 0 Å². The van der Waals surface area contributed by atoms with Gasteiger partial charge in [-0.1, -0.05) is 73.5 Å². The van der Waals surface area contributed by atoms with Crippen LogP contribution in [0.4, 0.5) is 0 Å². The van der Waals surface area contributed by atoms with Crippen molar-refractivity contribution in [2.75, 3.05) is 0 Å². The molecule has 2 aromatic rings. The van der Waals surface area contributed by atoms with Crippen molar-refractivity contribution < 1.29 is 0 Å². The molecule has 0 saturated heterocycles. The van der Waals surface area contributed by atoms with Crippen LogP contribution in [0, 0.1) is 13.8 Å². The van der Waals surface area contributed by atoms with E-state index in [1.807, 2.05) is 13.8 Å². The van der Waals surface area contributed by atoms with Crippen LogP contribution < -0.4 is 0 Å². The first-order valence-electron chi connectivity index (χ1n) is 8.85. The number of benzene rings is 2. The zero-order valence-corrected chi connectivity index (χ0v) is 14.6. The van der Waals surface area contributed by atoms with Gasteiger partial charge < -0.3 is 0 Å². The minimum atomic E-state index is 0.775. The molecule has 0 bridgehead atoms. The summed E-state index contributed by atoms with van der Waals surface area (Å²) < 4.78 is 0. The van der Waals surface area contributed by atoms with Crippen LogP contribution in [-0.4, -0.2) is 0 Å². The Balaban J connectivity index is 0.000000847. The number of hydrogen-bond acceptors (Lipinski definition) is 0. The maximum absolute atomic E-state index is 2.33. The second kappa shape index (κ2) is 8.17. The molecule has 2 aromatic carbocycles. The Kier molecular flexibility index (Phi) is 6.24. The van der Waals surface area contributed by atoms with Gasteiger partial charge in [-0.15, -0.1) is 0 Å². The van der Waals surface area contributed by atoms with Gasteiger partial charge in [-0.25, -0.2) is 0 Å². The quantitative estimate of drug-likeness (QED) is 0.573. The molecule has 0 N–H and O–H groups in total.